The average Bonchev–Trinajstić information content (AvgIpc) is 3.14. The van der Waals surface area contributed by atoms with Gasteiger partial charge in [0, 0.05) is 36.3 Å². The molecular weight excluding hydrogens is 320 g/mol. The lowest BCUT2D eigenvalue weighted by atomic mass is 9.58. The quantitative estimate of drug-likeness (QED) is 0.867. The molecule has 0 radical (unpaired) electrons. The zero-order valence-corrected chi connectivity index (χ0v) is 14.4. The Bertz CT molecular complexity index is 706. The van der Waals surface area contributed by atoms with E-state index < -0.39 is 0 Å². The molecule has 6 heteroatoms. The van der Waals surface area contributed by atoms with Gasteiger partial charge < -0.3 is 24.4 Å². The number of aliphatic hydroxyl groups is 1. The van der Waals surface area contributed by atoms with Crippen molar-refractivity contribution in [3.05, 3.63) is 36.1 Å². The number of nitrogens with one attached hydrogen (secondary N) is 1. The van der Waals surface area contributed by atoms with Crippen LogP contribution in [0.2, 0.25) is 0 Å². The molecule has 2 atom stereocenters. The van der Waals surface area contributed by atoms with Crippen molar-refractivity contribution in [2.45, 2.75) is 38.0 Å². The average molecular weight is 344 g/mol. The van der Waals surface area contributed by atoms with Gasteiger partial charge in [0.2, 0.25) is 0 Å². The van der Waals surface area contributed by atoms with Gasteiger partial charge in [-0.15, -0.1) is 0 Å². The highest BCUT2D eigenvalue weighted by molar-refractivity contribution is 5.59. The molecule has 1 saturated heterocycles. The molecule has 134 valence electrons. The van der Waals surface area contributed by atoms with Crippen molar-refractivity contribution in [1.82, 2.24) is 10.5 Å². The van der Waals surface area contributed by atoms with Crippen molar-refractivity contribution in [2.24, 2.45) is 5.41 Å². The zero-order chi connectivity index (χ0) is 17.3. The number of aromatic nitrogens is 1. The molecule has 2 N–H and O–H groups in total. The Kier molecular flexibility index (Phi) is 4.50. The minimum absolute atomic E-state index is 0.0307. The first-order valence-electron chi connectivity index (χ1n) is 8.80. The summed E-state index contributed by atoms with van der Waals surface area (Å²) in [5, 5.41) is 17.9. The van der Waals surface area contributed by atoms with Gasteiger partial charge >= 0.3 is 0 Å². The molecule has 0 amide bonds. The maximum atomic E-state index is 10.2. The molecule has 2 aromatic rings. The third-order valence-corrected chi connectivity index (χ3v) is 5.71. The highest BCUT2D eigenvalue weighted by Gasteiger charge is 2.54. The van der Waals surface area contributed by atoms with Crippen molar-refractivity contribution in [3.63, 3.8) is 0 Å². The van der Waals surface area contributed by atoms with Gasteiger partial charge in [0.15, 0.2) is 5.76 Å². The predicted octanol–water partition coefficient (Wildman–Crippen LogP) is 2.37. The molecule has 1 aliphatic heterocycles. The summed E-state index contributed by atoms with van der Waals surface area (Å²) >= 11 is 0. The lowest BCUT2D eigenvalue weighted by Crippen LogP contribution is -2.64. The second kappa shape index (κ2) is 6.78. The summed E-state index contributed by atoms with van der Waals surface area (Å²) in [4.78, 5) is 0. The Balaban J connectivity index is 1.38. The smallest absolute Gasteiger partial charge is 0.151 e. The van der Waals surface area contributed by atoms with Crippen LogP contribution in [0.15, 0.2) is 34.9 Å². The van der Waals surface area contributed by atoms with Gasteiger partial charge in [-0.25, -0.2) is 0 Å². The molecule has 0 unspecified atom stereocenters. The monoisotopic (exact) mass is 344 g/mol. The number of ether oxygens (including phenoxy) is 2. The Morgan fingerprint density at radius 2 is 2.04 bits per heavy atom. The number of hydrogen-bond acceptors (Lipinski definition) is 6. The number of rotatable bonds is 5. The van der Waals surface area contributed by atoms with Crippen LogP contribution in [0.25, 0.3) is 11.3 Å². The fourth-order valence-electron chi connectivity index (χ4n) is 4.00. The Morgan fingerprint density at radius 1 is 1.28 bits per heavy atom. The Morgan fingerprint density at radius 3 is 2.72 bits per heavy atom. The van der Waals surface area contributed by atoms with E-state index in [0.29, 0.717) is 12.6 Å². The van der Waals surface area contributed by atoms with Gasteiger partial charge in [-0.1, -0.05) is 5.16 Å². The number of methoxy groups -OCH3 is 1. The van der Waals surface area contributed by atoms with Gasteiger partial charge in [0.25, 0.3) is 0 Å². The van der Waals surface area contributed by atoms with Gasteiger partial charge in [0.05, 0.1) is 19.8 Å². The van der Waals surface area contributed by atoms with Crippen molar-refractivity contribution in [1.29, 1.82) is 0 Å². The Hall–Kier alpha value is -1.89. The van der Waals surface area contributed by atoms with Crippen LogP contribution in [0.4, 0.5) is 0 Å². The van der Waals surface area contributed by atoms with Crippen molar-refractivity contribution < 1.29 is 19.1 Å². The van der Waals surface area contributed by atoms with E-state index >= 15 is 0 Å². The van der Waals surface area contributed by atoms with E-state index in [1.807, 2.05) is 30.3 Å². The SMILES string of the molecule is COc1ccc(-c2cc(CN[C@@H]3C[C@@H](O)C34CCOCC4)on2)cc1. The normalized spacial score (nSPS) is 24.9. The number of aliphatic hydroxyl groups excluding tert-OH is 1. The first-order chi connectivity index (χ1) is 12.2. The van der Waals surface area contributed by atoms with Crippen LogP contribution in [0.1, 0.15) is 25.0 Å². The maximum Gasteiger partial charge on any atom is 0.151 e. The molecule has 2 aliphatic rings. The molecule has 2 heterocycles. The molecule has 1 aromatic heterocycles. The first-order valence-corrected chi connectivity index (χ1v) is 8.80. The highest BCUT2D eigenvalue weighted by atomic mass is 16.5. The minimum atomic E-state index is -0.224. The number of hydrogen-bond donors (Lipinski definition) is 2. The van der Waals surface area contributed by atoms with Gasteiger partial charge in [0.1, 0.15) is 11.4 Å². The third-order valence-electron chi connectivity index (χ3n) is 5.71. The van der Waals surface area contributed by atoms with E-state index in [1.54, 1.807) is 7.11 Å². The van der Waals surface area contributed by atoms with Crippen molar-refractivity contribution in [3.8, 4) is 17.0 Å². The molecule has 1 saturated carbocycles. The largest absolute Gasteiger partial charge is 0.497 e. The lowest BCUT2D eigenvalue weighted by Gasteiger charge is -2.55. The van der Waals surface area contributed by atoms with E-state index in [-0.39, 0.29) is 11.5 Å². The van der Waals surface area contributed by atoms with Crippen LogP contribution < -0.4 is 10.1 Å². The van der Waals surface area contributed by atoms with E-state index in [2.05, 4.69) is 10.5 Å². The van der Waals surface area contributed by atoms with Gasteiger partial charge in [-0.2, -0.15) is 0 Å². The van der Waals surface area contributed by atoms with Crippen LogP contribution in [0.5, 0.6) is 5.75 Å². The zero-order valence-electron chi connectivity index (χ0n) is 14.4. The molecule has 1 aliphatic carbocycles. The minimum Gasteiger partial charge on any atom is -0.497 e. The second-order valence-electron chi connectivity index (χ2n) is 6.94. The van der Waals surface area contributed by atoms with E-state index in [4.69, 9.17) is 14.0 Å². The lowest BCUT2D eigenvalue weighted by molar-refractivity contribution is -0.149. The number of nitrogens with zero attached hydrogens (tertiary/aromatic N) is 1. The van der Waals surface area contributed by atoms with Crippen molar-refractivity contribution >= 4 is 0 Å². The molecular formula is C19H24N2O4. The summed E-state index contributed by atoms with van der Waals surface area (Å²) < 4.78 is 16.1. The van der Waals surface area contributed by atoms with Crippen LogP contribution >= 0.6 is 0 Å². The van der Waals surface area contributed by atoms with Gasteiger partial charge in [-0.05, 0) is 43.5 Å². The van der Waals surface area contributed by atoms with Crippen LogP contribution in [0, 0.1) is 5.41 Å². The van der Waals surface area contributed by atoms with Crippen LogP contribution in [0.3, 0.4) is 0 Å². The van der Waals surface area contributed by atoms with E-state index in [0.717, 1.165) is 55.2 Å². The summed E-state index contributed by atoms with van der Waals surface area (Å²) in [6, 6.07) is 10.0. The standard InChI is InChI=1S/C19H24N2O4/c1-23-14-4-2-13(3-5-14)16-10-15(25-21-16)12-20-17-11-18(22)19(17)6-8-24-9-7-19/h2-5,10,17-18,20,22H,6-9,11-12H2,1H3/t17-,18-/m1/s1. The highest BCUT2D eigenvalue weighted by Crippen LogP contribution is 2.49. The fraction of sp³-hybridized carbons (Fsp3) is 0.526. The van der Waals surface area contributed by atoms with Crippen molar-refractivity contribution in [2.75, 3.05) is 20.3 Å². The Labute approximate surface area is 147 Å². The molecule has 0 bridgehead atoms. The molecule has 25 heavy (non-hydrogen) atoms. The molecule has 2 fully saturated rings. The molecule has 6 nitrogen and oxygen atoms in total. The van der Waals surface area contributed by atoms with Crippen LogP contribution in [-0.4, -0.2) is 42.7 Å². The van der Waals surface area contributed by atoms with E-state index in [1.165, 1.54) is 0 Å². The molecule has 4 rings (SSSR count). The predicted molar refractivity (Wildman–Crippen MR) is 92.2 cm³/mol. The summed E-state index contributed by atoms with van der Waals surface area (Å²) in [6.45, 7) is 2.08. The van der Waals surface area contributed by atoms with Crippen LogP contribution in [-0.2, 0) is 11.3 Å². The molecule has 1 aromatic carbocycles. The summed E-state index contributed by atoms with van der Waals surface area (Å²) in [6.07, 6.45) is 2.40. The molecule has 1 spiro atoms. The second-order valence-corrected chi connectivity index (χ2v) is 6.94. The number of benzene rings is 1. The fourth-order valence-corrected chi connectivity index (χ4v) is 4.00. The van der Waals surface area contributed by atoms with Gasteiger partial charge in [-0.3, -0.25) is 0 Å². The summed E-state index contributed by atoms with van der Waals surface area (Å²) in [5.41, 5.74) is 1.78. The first kappa shape index (κ1) is 16.6. The van der Waals surface area contributed by atoms with E-state index in [9.17, 15) is 5.11 Å². The third kappa shape index (κ3) is 3.05. The maximum absolute atomic E-state index is 10.2. The summed E-state index contributed by atoms with van der Waals surface area (Å²) in [7, 11) is 1.65. The summed E-state index contributed by atoms with van der Waals surface area (Å²) in [5.74, 6) is 1.62. The topological polar surface area (TPSA) is 76.8 Å².